The summed E-state index contributed by atoms with van der Waals surface area (Å²) in [6.07, 6.45) is 3.65. The average molecular weight is 438 g/mol. The number of hydrogen-bond acceptors (Lipinski definition) is 3. The van der Waals surface area contributed by atoms with Crippen molar-refractivity contribution in [3.8, 4) is 5.69 Å². The van der Waals surface area contributed by atoms with Gasteiger partial charge in [-0.1, -0.05) is 29.8 Å². The summed E-state index contributed by atoms with van der Waals surface area (Å²) in [6, 6.07) is 14.7. The molecule has 1 saturated heterocycles. The van der Waals surface area contributed by atoms with Gasteiger partial charge in [-0.15, -0.1) is 0 Å². The van der Waals surface area contributed by atoms with Crippen LogP contribution >= 0.6 is 11.6 Å². The summed E-state index contributed by atoms with van der Waals surface area (Å²) in [7, 11) is 0. The predicted molar refractivity (Wildman–Crippen MR) is 121 cm³/mol. The molecule has 0 saturated carbocycles. The highest BCUT2D eigenvalue weighted by atomic mass is 35.5. The molecule has 3 aromatic rings. The number of likely N-dealkylation sites (tertiary alicyclic amines) is 1. The summed E-state index contributed by atoms with van der Waals surface area (Å²) in [5.41, 5.74) is 3.64. The van der Waals surface area contributed by atoms with Crippen LogP contribution in [0.4, 0.5) is 10.5 Å². The summed E-state index contributed by atoms with van der Waals surface area (Å²) in [5, 5.41) is 10.8. The van der Waals surface area contributed by atoms with Crippen LogP contribution in [0.15, 0.2) is 54.7 Å². The maximum atomic E-state index is 12.7. The second-order valence-electron chi connectivity index (χ2n) is 7.54. The summed E-state index contributed by atoms with van der Waals surface area (Å²) in [4.78, 5) is 26.8. The van der Waals surface area contributed by atoms with Crippen molar-refractivity contribution in [3.05, 3.63) is 76.6 Å². The van der Waals surface area contributed by atoms with Gasteiger partial charge in [-0.05, 0) is 55.7 Å². The SMILES string of the molecule is Cc1c(C(=O)NCc2cccc(NC(=O)N3CCCC3)c2)cnn1-c1cccc(Cl)c1. The van der Waals surface area contributed by atoms with Crippen molar-refractivity contribution in [1.29, 1.82) is 0 Å². The molecule has 1 aromatic heterocycles. The first-order valence-corrected chi connectivity index (χ1v) is 10.6. The number of hydrogen-bond donors (Lipinski definition) is 2. The minimum atomic E-state index is -0.211. The second-order valence-corrected chi connectivity index (χ2v) is 7.98. The summed E-state index contributed by atoms with van der Waals surface area (Å²) in [6.45, 7) is 3.78. The third-order valence-corrected chi connectivity index (χ3v) is 5.57. The van der Waals surface area contributed by atoms with Gasteiger partial charge in [0.05, 0.1) is 23.1 Å². The zero-order valence-electron chi connectivity index (χ0n) is 17.3. The molecule has 2 aromatic carbocycles. The number of aromatic nitrogens is 2. The molecule has 0 unspecified atom stereocenters. The zero-order chi connectivity index (χ0) is 21.8. The molecule has 160 valence electrons. The molecule has 3 amide bonds. The molecule has 7 nitrogen and oxygen atoms in total. The van der Waals surface area contributed by atoms with Crippen LogP contribution in [0.5, 0.6) is 0 Å². The molecule has 2 heterocycles. The molecular formula is C23H24ClN5O2. The molecule has 31 heavy (non-hydrogen) atoms. The molecule has 0 radical (unpaired) electrons. The molecule has 0 aliphatic carbocycles. The van der Waals surface area contributed by atoms with Gasteiger partial charge in [-0.3, -0.25) is 4.79 Å². The van der Waals surface area contributed by atoms with E-state index in [2.05, 4.69) is 15.7 Å². The molecule has 1 aliphatic rings. The highest BCUT2D eigenvalue weighted by Crippen LogP contribution is 2.18. The highest BCUT2D eigenvalue weighted by Gasteiger charge is 2.18. The molecule has 1 aliphatic heterocycles. The van der Waals surface area contributed by atoms with E-state index < -0.39 is 0 Å². The Hall–Kier alpha value is -3.32. The number of anilines is 1. The quantitative estimate of drug-likeness (QED) is 0.621. The van der Waals surface area contributed by atoms with Crippen molar-refractivity contribution in [2.75, 3.05) is 18.4 Å². The Bertz CT molecular complexity index is 1100. The Balaban J connectivity index is 1.39. The van der Waals surface area contributed by atoms with Crippen LogP contribution < -0.4 is 10.6 Å². The Morgan fingerprint density at radius 2 is 1.87 bits per heavy atom. The summed E-state index contributed by atoms with van der Waals surface area (Å²) >= 11 is 6.07. The Kier molecular flexibility index (Phi) is 6.23. The van der Waals surface area contributed by atoms with Gasteiger partial charge in [-0.25, -0.2) is 9.48 Å². The smallest absolute Gasteiger partial charge is 0.321 e. The second kappa shape index (κ2) is 9.22. The van der Waals surface area contributed by atoms with Crippen molar-refractivity contribution in [2.45, 2.75) is 26.3 Å². The van der Waals surface area contributed by atoms with Gasteiger partial charge in [0.25, 0.3) is 5.91 Å². The Labute approximate surface area is 186 Å². The number of amides is 3. The van der Waals surface area contributed by atoms with Crippen molar-refractivity contribution in [2.24, 2.45) is 0 Å². The minimum absolute atomic E-state index is 0.0808. The molecule has 0 atom stereocenters. The van der Waals surface area contributed by atoms with Gasteiger partial charge in [0.1, 0.15) is 0 Å². The molecule has 4 rings (SSSR count). The zero-order valence-corrected chi connectivity index (χ0v) is 18.0. The molecule has 1 fully saturated rings. The van der Waals surface area contributed by atoms with Gasteiger partial charge >= 0.3 is 6.03 Å². The van der Waals surface area contributed by atoms with Crippen molar-refractivity contribution < 1.29 is 9.59 Å². The number of benzene rings is 2. The summed E-state index contributed by atoms with van der Waals surface area (Å²) in [5.74, 6) is -0.211. The largest absolute Gasteiger partial charge is 0.348 e. The van der Waals surface area contributed by atoms with Crippen LogP contribution in [0.1, 0.15) is 34.5 Å². The van der Waals surface area contributed by atoms with Crippen molar-refractivity contribution in [1.82, 2.24) is 20.0 Å². The number of urea groups is 1. The van der Waals surface area contributed by atoms with E-state index in [0.29, 0.717) is 22.8 Å². The number of carbonyl (C=O) groups excluding carboxylic acids is 2. The van der Waals surface area contributed by atoms with E-state index >= 15 is 0 Å². The normalized spacial score (nSPS) is 13.3. The predicted octanol–water partition coefficient (Wildman–Crippen LogP) is 4.39. The van der Waals surface area contributed by atoms with Crippen LogP contribution in [-0.2, 0) is 6.54 Å². The van der Waals surface area contributed by atoms with E-state index in [0.717, 1.165) is 42.9 Å². The lowest BCUT2D eigenvalue weighted by molar-refractivity contribution is 0.0950. The third kappa shape index (κ3) is 4.88. The van der Waals surface area contributed by atoms with E-state index in [1.807, 2.05) is 48.2 Å². The monoisotopic (exact) mass is 437 g/mol. The highest BCUT2D eigenvalue weighted by molar-refractivity contribution is 6.30. The van der Waals surface area contributed by atoms with E-state index in [9.17, 15) is 9.59 Å². The van der Waals surface area contributed by atoms with Gasteiger partial charge in [-0.2, -0.15) is 5.10 Å². The van der Waals surface area contributed by atoms with E-state index in [-0.39, 0.29) is 11.9 Å². The first-order valence-electron chi connectivity index (χ1n) is 10.2. The van der Waals surface area contributed by atoms with Crippen LogP contribution in [0.25, 0.3) is 5.69 Å². The number of nitrogens with one attached hydrogen (secondary N) is 2. The van der Waals surface area contributed by atoms with Gasteiger partial charge in [0.15, 0.2) is 0 Å². The minimum Gasteiger partial charge on any atom is -0.348 e. The first kappa shape index (κ1) is 20.9. The first-order chi connectivity index (χ1) is 15.0. The van der Waals surface area contributed by atoms with Gasteiger partial charge < -0.3 is 15.5 Å². The molecule has 2 N–H and O–H groups in total. The maximum absolute atomic E-state index is 12.7. The number of rotatable bonds is 5. The molecule has 8 heteroatoms. The van der Waals surface area contributed by atoms with Crippen LogP contribution in [0.3, 0.4) is 0 Å². The lowest BCUT2D eigenvalue weighted by Crippen LogP contribution is -2.32. The topological polar surface area (TPSA) is 79.3 Å². The maximum Gasteiger partial charge on any atom is 0.321 e. The van der Waals surface area contributed by atoms with E-state index in [4.69, 9.17) is 11.6 Å². The third-order valence-electron chi connectivity index (χ3n) is 5.33. The summed E-state index contributed by atoms with van der Waals surface area (Å²) < 4.78 is 1.69. The van der Waals surface area contributed by atoms with Crippen molar-refractivity contribution >= 4 is 29.2 Å². The lowest BCUT2D eigenvalue weighted by atomic mass is 10.2. The number of halogens is 1. The molecule has 0 spiro atoms. The number of carbonyl (C=O) groups is 2. The fraction of sp³-hybridized carbons (Fsp3) is 0.261. The fourth-order valence-electron chi connectivity index (χ4n) is 3.66. The van der Waals surface area contributed by atoms with Crippen LogP contribution in [0.2, 0.25) is 5.02 Å². The number of nitrogens with zero attached hydrogens (tertiary/aromatic N) is 3. The van der Waals surface area contributed by atoms with E-state index in [1.165, 1.54) is 0 Å². The van der Waals surface area contributed by atoms with Crippen molar-refractivity contribution in [3.63, 3.8) is 0 Å². The van der Waals surface area contributed by atoms with Crippen LogP contribution in [-0.4, -0.2) is 39.7 Å². The average Bonchev–Trinajstić information content (AvgIpc) is 3.42. The Morgan fingerprint density at radius 3 is 2.65 bits per heavy atom. The standard InChI is InChI=1S/C23H24ClN5O2/c1-16-21(15-26-29(16)20-9-5-7-18(24)13-20)22(30)25-14-17-6-4-8-19(12-17)27-23(31)28-10-2-3-11-28/h4-9,12-13,15H,2-3,10-11,14H2,1H3,(H,25,30)(H,27,31). The van der Waals surface area contributed by atoms with Gasteiger partial charge in [0, 0.05) is 30.3 Å². The molecule has 0 bridgehead atoms. The van der Waals surface area contributed by atoms with E-state index in [1.54, 1.807) is 23.0 Å². The molecular weight excluding hydrogens is 414 g/mol. The van der Waals surface area contributed by atoms with Crippen LogP contribution in [0, 0.1) is 6.92 Å². The lowest BCUT2D eigenvalue weighted by Gasteiger charge is -2.16. The Morgan fingerprint density at radius 1 is 1.10 bits per heavy atom. The van der Waals surface area contributed by atoms with Gasteiger partial charge in [0.2, 0.25) is 0 Å². The fourth-order valence-corrected chi connectivity index (χ4v) is 3.84.